The molecule has 1 fully saturated rings. The van der Waals surface area contributed by atoms with Gasteiger partial charge in [0.15, 0.2) is 0 Å². The number of anilines is 1. The summed E-state index contributed by atoms with van der Waals surface area (Å²) in [7, 11) is 1.54. The van der Waals surface area contributed by atoms with Crippen LogP contribution >= 0.6 is 11.6 Å². The van der Waals surface area contributed by atoms with Crippen molar-refractivity contribution in [3.8, 4) is 0 Å². The first-order valence-electron chi connectivity index (χ1n) is 9.82. The van der Waals surface area contributed by atoms with Gasteiger partial charge < -0.3 is 14.5 Å². The topological polar surface area (TPSA) is 70.2 Å². The summed E-state index contributed by atoms with van der Waals surface area (Å²) in [6.07, 6.45) is 3.14. The molecule has 0 atom stereocenters. The average molecular weight is 442 g/mol. The fourth-order valence-electron chi connectivity index (χ4n) is 3.13. The fourth-order valence-corrected chi connectivity index (χ4v) is 3.26. The third-order valence-corrected chi connectivity index (χ3v) is 5.10. The molecule has 0 bridgehead atoms. The summed E-state index contributed by atoms with van der Waals surface area (Å²) in [5.74, 6) is -0.786. The van der Waals surface area contributed by atoms with Crippen LogP contribution in [0.15, 0.2) is 60.7 Å². The Kier molecular flexibility index (Phi) is 7.81. The Bertz CT molecular complexity index is 947. The van der Waals surface area contributed by atoms with E-state index < -0.39 is 0 Å². The van der Waals surface area contributed by atoms with Crippen molar-refractivity contribution in [1.29, 1.82) is 0 Å². The molecule has 0 aliphatic carbocycles. The minimum Gasteiger partial charge on any atom is -0.383 e. The number of benzene rings is 2. The van der Waals surface area contributed by atoms with E-state index in [1.54, 1.807) is 30.3 Å². The fraction of sp³-hybridized carbons (Fsp3) is 0.261. The van der Waals surface area contributed by atoms with E-state index in [4.69, 9.17) is 16.3 Å². The normalized spacial score (nSPS) is 13.8. The van der Waals surface area contributed by atoms with E-state index in [0.29, 0.717) is 17.3 Å². The number of hydrogen-bond acceptors (Lipinski definition) is 4. The first-order chi connectivity index (χ1) is 15.0. The van der Waals surface area contributed by atoms with Gasteiger partial charge in [0.05, 0.1) is 6.61 Å². The minimum absolute atomic E-state index is 0.0341. The molecule has 0 unspecified atom stereocenters. The molecule has 0 N–H and O–H groups in total. The number of halogens is 1. The SMILES string of the molecule is COCCN(CC(=O)N1CC(=O)N(c2ccc(Cl)cc2)C1)C(=O)C=Cc1ccccc1. The maximum Gasteiger partial charge on any atom is 0.248 e. The lowest BCUT2D eigenvalue weighted by atomic mass is 10.2. The molecule has 0 aromatic heterocycles. The predicted octanol–water partition coefficient (Wildman–Crippen LogP) is 2.66. The summed E-state index contributed by atoms with van der Waals surface area (Å²) in [5.41, 5.74) is 1.56. The number of nitrogens with zero attached hydrogens (tertiary/aromatic N) is 3. The maximum absolute atomic E-state index is 12.8. The molecule has 8 heteroatoms. The van der Waals surface area contributed by atoms with Crippen molar-refractivity contribution in [2.24, 2.45) is 0 Å². The van der Waals surface area contributed by atoms with Crippen LogP contribution < -0.4 is 4.90 Å². The van der Waals surface area contributed by atoms with Crippen LogP contribution in [-0.2, 0) is 19.1 Å². The van der Waals surface area contributed by atoms with Crippen LogP contribution in [-0.4, -0.2) is 67.5 Å². The molecule has 0 radical (unpaired) electrons. The van der Waals surface area contributed by atoms with E-state index >= 15 is 0 Å². The van der Waals surface area contributed by atoms with Crippen molar-refractivity contribution >= 4 is 41.1 Å². The Morgan fingerprint density at radius 2 is 1.84 bits per heavy atom. The zero-order valence-corrected chi connectivity index (χ0v) is 18.0. The standard InChI is InChI=1S/C23H24ClN3O4/c1-31-14-13-25(21(28)12-7-18-5-3-2-4-6-18)15-22(29)26-16-23(30)27(17-26)20-10-8-19(24)9-11-20/h2-12H,13-17H2,1H3. The molecule has 162 valence electrons. The van der Waals surface area contributed by atoms with E-state index in [-0.39, 0.29) is 44.0 Å². The van der Waals surface area contributed by atoms with Gasteiger partial charge in [-0.25, -0.2) is 0 Å². The highest BCUT2D eigenvalue weighted by Gasteiger charge is 2.32. The van der Waals surface area contributed by atoms with Crippen LogP contribution in [0.2, 0.25) is 5.02 Å². The summed E-state index contributed by atoms with van der Waals surface area (Å²) >= 11 is 5.91. The molecule has 3 amide bonds. The zero-order valence-electron chi connectivity index (χ0n) is 17.2. The van der Waals surface area contributed by atoms with E-state index in [1.165, 1.54) is 27.9 Å². The highest BCUT2D eigenvalue weighted by Crippen LogP contribution is 2.21. The molecule has 1 saturated heterocycles. The predicted molar refractivity (Wildman–Crippen MR) is 119 cm³/mol. The number of amides is 3. The largest absolute Gasteiger partial charge is 0.383 e. The van der Waals surface area contributed by atoms with E-state index in [2.05, 4.69) is 0 Å². The molecule has 7 nitrogen and oxygen atoms in total. The Labute approximate surface area is 186 Å². The van der Waals surface area contributed by atoms with Gasteiger partial charge in [0.1, 0.15) is 19.8 Å². The van der Waals surface area contributed by atoms with Crippen LogP contribution in [0.1, 0.15) is 5.56 Å². The second-order valence-corrected chi connectivity index (χ2v) is 7.46. The van der Waals surface area contributed by atoms with Crippen LogP contribution in [0.25, 0.3) is 6.08 Å². The smallest absolute Gasteiger partial charge is 0.248 e. The number of methoxy groups -OCH3 is 1. The maximum atomic E-state index is 12.8. The van der Waals surface area contributed by atoms with Gasteiger partial charge in [-0.15, -0.1) is 0 Å². The average Bonchev–Trinajstić information content (AvgIpc) is 3.17. The molecule has 3 rings (SSSR count). The number of rotatable bonds is 8. The quantitative estimate of drug-likeness (QED) is 0.590. The lowest BCUT2D eigenvalue weighted by Crippen LogP contribution is -2.43. The lowest BCUT2D eigenvalue weighted by molar-refractivity contribution is -0.138. The first kappa shape index (κ1) is 22.5. The van der Waals surface area contributed by atoms with Gasteiger partial charge in [0.25, 0.3) is 0 Å². The van der Waals surface area contributed by atoms with Crippen LogP contribution in [0.4, 0.5) is 5.69 Å². The first-order valence-corrected chi connectivity index (χ1v) is 10.2. The van der Waals surface area contributed by atoms with Crippen LogP contribution in [0.3, 0.4) is 0 Å². The molecule has 1 aliphatic rings. The third-order valence-electron chi connectivity index (χ3n) is 4.85. The van der Waals surface area contributed by atoms with Crippen molar-refractivity contribution in [3.63, 3.8) is 0 Å². The molecule has 1 heterocycles. The lowest BCUT2D eigenvalue weighted by Gasteiger charge is -2.24. The second kappa shape index (κ2) is 10.7. The van der Waals surface area contributed by atoms with Crippen molar-refractivity contribution < 1.29 is 19.1 Å². The highest BCUT2D eigenvalue weighted by atomic mass is 35.5. The summed E-state index contributed by atoms with van der Waals surface area (Å²) in [6.45, 7) is 0.527. The van der Waals surface area contributed by atoms with Gasteiger partial charge in [0.2, 0.25) is 17.7 Å². The Morgan fingerprint density at radius 3 is 2.52 bits per heavy atom. The van der Waals surface area contributed by atoms with E-state index in [9.17, 15) is 14.4 Å². The molecule has 0 spiro atoms. The van der Waals surface area contributed by atoms with E-state index in [1.807, 2.05) is 30.3 Å². The molecular formula is C23H24ClN3O4. The zero-order chi connectivity index (χ0) is 22.2. The van der Waals surface area contributed by atoms with Crippen LogP contribution in [0.5, 0.6) is 0 Å². The van der Waals surface area contributed by atoms with Crippen LogP contribution in [0, 0.1) is 0 Å². The number of carbonyl (C=O) groups excluding carboxylic acids is 3. The Balaban J connectivity index is 1.64. The van der Waals surface area contributed by atoms with Crippen molar-refractivity contribution in [2.75, 3.05) is 44.9 Å². The van der Waals surface area contributed by atoms with Gasteiger partial charge in [-0.3, -0.25) is 19.3 Å². The van der Waals surface area contributed by atoms with Gasteiger partial charge in [-0.2, -0.15) is 0 Å². The van der Waals surface area contributed by atoms with Crippen molar-refractivity contribution in [2.45, 2.75) is 0 Å². The Hall–Kier alpha value is -3.16. The minimum atomic E-state index is -0.303. The highest BCUT2D eigenvalue weighted by molar-refractivity contribution is 6.30. The van der Waals surface area contributed by atoms with E-state index in [0.717, 1.165) is 5.56 Å². The molecule has 2 aromatic carbocycles. The Morgan fingerprint density at radius 1 is 1.13 bits per heavy atom. The monoisotopic (exact) mass is 441 g/mol. The molecule has 0 saturated carbocycles. The molecule has 1 aliphatic heterocycles. The van der Waals surface area contributed by atoms with Gasteiger partial charge in [-0.05, 0) is 35.9 Å². The number of ether oxygens (including phenoxy) is 1. The second-order valence-electron chi connectivity index (χ2n) is 7.03. The number of hydrogen-bond donors (Lipinski definition) is 0. The summed E-state index contributed by atoms with van der Waals surface area (Å²) in [5, 5.41) is 0.569. The third kappa shape index (κ3) is 6.16. The van der Waals surface area contributed by atoms with Crippen molar-refractivity contribution in [1.82, 2.24) is 9.80 Å². The number of carbonyl (C=O) groups is 3. The summed E-state index contributed by atoms with van der Waals surface area (Å²) in [4.78, 5) is 42.3. The summed E-state index contributed by atoms with van der Waals surface area (Å²) < 4.78 is 5.08. The molecular weight excluding hydrogens is 418 g/mol. The van der Waals surface area contributed by atoms with Gasteiger partial charge in [0, 0.05) is 30.4 Å². The summed E-state index contributed by atoms with van der Waals surface area (Å²) in [6, 6.07) is 16.3. The van der Waals surface area contributed by atoms with Gasteiger partial charge in [-0.1, -0.05) is 41.9 Å². The molecule has 2 aromatic rings. The molecule has 31 heavy (non-hydrogen) atoms. The van der Waals surface area contributed by atoms with Crippen molar-refractivity contribution in [3.05, 3.63) is 71.3 Å². The van der Waals surface area contributed by atoms with Gasteiger partial charge >= 0.3 is 0 Å².